The van der Waals surface area contributed by atoms with Crippen LogP contribution in [-0.4, -0.2) is 73.7 Å². The molecule has 1 aromatic rings. The Balaban J connectivity index is 1.50. The monoisotopic (exact) mass is 429 g/mol. The minimum absolute atomic E-state index is 0.203. The minimum atomic E-state index is -1.55. The Hall–Kier alpha value is -1.38. The molecule has 0 unspecified atom stereocenters. The van der Waals surface area contributed by atoms with Gasteiger partial charge < -0.3 is 28.8 Å². The fourth-order valence-electron chi connectivity index (χ4n) is 7.99. The van der Waals surface area contributed by atoms with Crippen molar-refractivity contribution < 1.29 is 28.8 Å². The summed E-state index contributed by atoms with van der Waals surface area (Å²) >= 11 is 0. The third-order valence-corrected chi connectivity index (χ3v) is 9.38. The summed E-state index contributed by atoms with van der Waals surface area (Å²) in [7, 11) is 4.79. The summed E-state index contributed by atoms with van der Waals surface area (Å²) < 4.78 is 31.0. The summed E-state index contributed by atoms with van der Waals surface area (Å²) in [6, 6.07) is 4.40. The zero-order valence-corrected chi connectivity index (χ0v) is 18.5. The average molecular weight is 430 g/mol. The van der Waals surface area contributed by atoms with Crippen LogP contribution in [0.3, 0.4) is 0 Å². The minimum Gasteiger partial charge on any atom is -0.493 e. The highest BCUT2D eigenvalue weighted by molar-refractivity contribution is 5.64. The van der Waals surface area contributed by atoms with Crippen molar-refractivity contribution >= 4 is 0 Å². The number of methoxy groups -OCH3 is 3. The van der Waals surface area contributed by atoms with E-state index in [0.29, 0.717) is 6.42 Å². The van der Waals surface area contributed by atoms with Crippen molar-refractivity contribution in [2.75, 3.05) is 34.4 Å². The van der Waals surface area contributed by atoms with E-state index >= 15 is 0 Å². The average Bonchev–Trinajstić information content (AvgIpc) is 3.53. The lowest BCUT2D eigenvalue weighted by atomic mass is 9.44. The second kappa shape index (κ2) is 5.75. The van der Waals surface area contributed by atoms with E-state index in [9.17, 15) is 5.11 Å². The number of aliphatic hydroxyl groups is 1. The zero-order valence-electron chi connectivity index (χ0n) is 18.5. The maximum absolute atomic E-state index is 12.1. The second-order valence-electron chi connectivity index (χ2n) is 10.4. The molecule has 5 fully saturated rings. The fourth-order valence-corrected chi connectivity index (χ4v) is 7.99. The van der Waals surface area contributed by atoms with Crippen molar-refractivity contribution in [1.29, 1.82) is 0 Å². The Morgan fingerprint density at radius 3 is 2.65 bits per heavy atom. The van der Waals surface area contributed by atoms with Crippen molar-refractivity contribution in [2.24, 2.45) is 5.92 Å². The third-order valence-electron chi connectivity index (χ3n) is 9.38. The molecule has 0 amide bonds. The number of ether oxygens (including phenoxy) is 5. The van der Waals surface area contributed by atoms with Gasteiger partial charge in [0.05, 0.1) is 12.5 Å². The van der Waals surface area contributed by atoms with Crippen molar-refractivity contribution in [2.45, 2.75) is 73.3 Å². The van der Waals surface area contributed by atoms with E-state index in [1.54, 1.807) is 21.3 Å². The Morgan fingerprint density at radius 2 is 1.94 bits per heavy atom. The molecular weight excluding hydrogens is 398 g/mol. The van der Waals surface area contributed by atoms with Crippen LogP contribution in [0.2, 0.25) is 0 Å². The van der Waals surface area contributed by atoms with Gasteiger partial charge in [-0.3, -0.25) is 4.90 Å². The van der Waals surface area contributed by atoms with Crippen LogP contribution in [0.4, 0.5) is 0 Å². The molecule has 2 saturated carbocycles. The van der Waals surface area contributed by atoms with Gasteiger partial charge in [-0.2, -0.15) is 0 Å². The standard InChI is InChI=1S/C24H31NO6/c1-27-16-7-6-15-12-17-23-9-8-22(26,24(28-2,29-3)31-23)20-21(23,18(15)19(16)30-20)10-11-25(17)13-14-4-5-14/h6-7,14,17,20,26H,4-5,8-13H2,1-3H3/t17-,20-,21+,22+,23-/m1/s1. The van der Waals surface area contributed by atoms with Crippen LogP contribution in [0.1, 0.15) is 43.2 Å². The van der Waals surface area contributed by atoms with Crippen LogP contribution in [-0.2, 0) is 26.0 Å². The molecule has 0 radical (unpaired) electrons. The molecule has 5 atom stereocenters. The normalized spacial score (nSPS) is 43.5. The molecule has 7 heteroatoms. The van der Waals surface area contributed by atoms with Gasteiger partial charge >= 0.3 is 5.97 Å². The number of rotatable bonds is 5. The van der Waals surface area contributed by atoms with Crippen molar-refractivity contribution in [3.8, 4) is 11.5 Å². The first kappa shape index (κ1) is 19.1. The van der Waals surface area contributed by atoms with Crippen LogP contribution in [0.15, 0.2) is 12.1 Å². The molecule has 7 aliphatic rings. The predicted octanol–water partition coefficient (Wildman–Crippen LogP) is 1.97. The van der Waals surface area contributed by atoms with Gasteiger partial charge in [0.25, 0.3) is 0 Å². The van der Waals surface area contributed by atoms with Crippen molar-refractivity contribution in [3.63, 3.8) is 0 Å². The number of benzene rings is 1. The summed E-state index contributed by atoms with van der Waals surface area (Å²) in [5.41, 5.74) is 0.113. The topological polar surface area (TPSA) is 69.6 Å². The number of hydrogen-bond acceptors (Lipinski definition) is 7. The van der Waals surface area contributed by atoms with Crippen LogP contribution in [0.25, 0.3) is 0 Å². The molecule has 168 valence electrons. The van der Waals surface area contributed by atoms with E-state index in [4.69, 9.17) is 23.7 Å². The number of nitrogens with zero attached hydrogens (tertiary/aromatic N) is 1. The SMILES string of the molecule is COc1ccc2c3c1O[C@@H]1[C@]34CCN(CC3CC3)[C@H](C2)[C@]42CC[C@@]1(O)C(OC)(OC)O2. The van der Waals surface area contributed by atoms with Gasteiger partial charge in [0, 0.05) is 32.4 Å². The van der Waals surface area contributed by atoms with Gasteiger partial charge in [-0.15, -0.1) is 0 Å². The molecule has 8 rings (SSSR count). The smallest absolute Gasteiger partial charge is 0.317 e. The van der Waals surface area contributed by atoms with E-state index in [1.807, 2.05) is 6.07 Å². The molecule has 31 heavy (non-hydrogen) atoms. The fraction of sp³-hybridized carbons (Fsp3) is 0.750. The van der Waals surface area contributed by atoms with Gasteiger partial charge in [0.2, 0.25) is 0 Å². The summed E-state index contributed by atoms with van der Waals surface area (Å²) in [6.45, 7) is 2.11. The largest absolute Gasteiger partial charge is 0.493 e. The first-order valence-electron chi connectivity index (χ1n) is 11.6. The first-order valence-corrected chi connectivity index (χ1v) is 11.6. The molecule has 4 bridgehead atoms. The van der Waals surface area contributed by atoms with Gasteiger partial charge in [-0.25, -0.2) is 0 Å². The lowest BCUT2D eigenvalue weighted by Crippen LogP contribution is -2.89. The highest BCUT2D eigenvalue weighted by atomic mass is 16.9. The van der Waals surface area contributed by atoms with Crippen LogP contribution in [0.5, 0.6) is 11.5 Å². The summed E-state index contributed by atoms with van der Waals surface area (Å²) in [6.07, 6.45) is 5.22. The first-order chi connectivity index (χ1) is 15.0. The molecule has 2 spiro atoms. The lowest BCUT2D eigenvalue weighted by molar-refractivity contribution is -0.524. The van der Waals surface area contributed by atoms with E-state index in [2.05, 4.69) is 11.0 Å². The molecule has 3 saturated heterocycles. The van der Waals surface area contributed by atoms with Crippen LogP contribution in [0, 0.1) is 5.92 Å². The number of likely N-dealkylation sites (tertiary alicyclic amines) is 1. The number of piperidine rings is 1. The van der Waals surface area contributed by atoms with E-state index in [0.717, 1.165) is 49.8 Å². The Labute approximate surface area is 182 Å². The molecule has 4 heterocycles. The summed E-state index contributed by atoms with van der Waals surface area (Å²) in [5.74, 6) is 0.746. The lowest BCUT2D eigenvalue weighted by Gasteiger charge is -2.73. The Morgan fingerprint density at radius 1 is 1.13 bits per heavy atom. The maximum Gasteiger partial charge on any atom is 0.317 e. The highest BCUT2D eigenvalue weighted by Gasteiger charge is 2.86. The Kier molecular flexibility index (Phi) is 3.55. The molecule has 4 aliphatic heterocycles. The molecule has 7 nitrogen and oxygen atoms in total. The third kappa shape index (κ3) is 1.89. The summed E-state index contributed by atoms with van der Waals surface area (Å²) in [4.78, 5) is 2.65. The predicted molar refractivity (Wildman–Crippen MR) is 110 cm³/mol. The molecule has 1 N–H and O–H groups in total. The van der Waals surface area contributed by atoms with Gasteiger partial charge in [0.1, 0.15) is 11.7 Å². The van der Waals surface area contributed by atoms with E-state index in [1.165, 1.54) is 24.0 Å². The zero-order chi connectivity index (χ0) is 21.2. The molecular formula is C24H31NO6. The van der Waals surface area contributed by atoms with Gasteiger partial charge in [-0.1, -0.05) is 6.07 Å². The van der Waals surface area contributed by atoms with Crippen molar-refractivity contribution in [3.05, 3.63) is 23.3 Å². The molecule has 1 aromatic carbocycles. The van der Waals surface area contributed by atoms with E-state index in [-0.39, 0.29) is 6.04 Å². The Bertz CT molecular complexity index is 960. The van der Waals surface area contributed by atoms with Gasteiger partial charge in [-0.05, 0) is 62.6 Å². The maximum atomic E-state index is 12.1. The van der Waals surface area contributed by atoms with Crippen molar-refractivity contribution in [1.82, 2.24) is 4.90 Å². The molecule has 3 aliphatic carbocycles. The highest BCUT2D eigenvalue weighted by Crippen LogP contribution is 2.73. The second-order valence-corrected chi connectivity index (χ2v) is 10.4. The quantitative estimate of drug-likeness (QED) is 0.718. The van der Waals surface area contributed by atoms with Crippen LogP contribution < -0.4 is 9.47 Å². The number of fused-ring (bicyclic) bond motifs is 2. The summed E-state index contributed by atoms with van der Waals surface area (Å²) in [5, 5.41) is 12.1. The number of hydrogen-bond donors (Lipinski definition) is 1. The van der Waals surface area contributed by atoms with Crippen LogP contribution >= 0.6 is 0 Å². The van der Waals surface area contributed by atoms with Gasteiger partial charge in [0.15, 0.2) is 17.1 Å². The molecule has 0 aromatic heterocycles. The van der Waals surface area contributed by atoms with E-state index < -0.39 is 28.7 Å².